The molecule has 0 aliphatic carbocycles. The maximum atomic E-state index is 9.49. The fourth-order valence-corrected chi connectivity index (χ4v) is 2.64. The molecule has 0 aliphatic heterocycles. The maximum absolute atomic E-state index is 9.49. The van der Waals surface area contributed by atoms with Crippen molar-refractivity contribution < 1.29 is 4.74 Å². The van der Waals surface area contributed by atoms with Crippen LogP contribution in [-0.4, -0.2) is 0 Å². The van der Waals surface area contributed by atoms with Crippen LogP contribution in [0.25, 0.3) is 11.6 Å². The summed E-state index contributed by atoms with van der Waals surface area (Å²) in [6, 6.07) is 26.3. The highest BCUT2D eigenvalue weighted by molar-refractivity contribution is 6.30. The van der Waals surface area contributed by atoms with Crippen LogP contribution in [0.15, 0.2) is 72.8 Å². The van der Waals surface area contributed by atoms with Crippen molar-refractivity contribution in [3.05, 3.63) is 100 Å². The lowest BCUT2D eigenvalue weighted by molar-refractivity contribution is 0.306. The second-order valence-electron chi connectivity index (χ2n) is 5.85. The Bertz CT molecular complexity index is 1040. The van der Waals surface area contributed by atoms with Crippen molar-refractivity contribution in [2.75, 3.05) is 0 Å². The van der Waals surface area contributed by atoms with Crippen molar-refractivity contribution in [2.45, 2.75) is 6.61 Å². The number of hydrogen-bond donors (Lipinski definition) is 0. The van der Waals surface area contributed by atoms with Crippen LogP contribution in [0.2, 0.25) is 5.02 Å². The second-order valence-corrected chi connectivity index (χ2v) is 6.28. The first-order valence-corrected chi connectivity index (χ1v) is 8.65. The van der Waals surface area contributed by atoms with Gasteiger partial charge in [0.15, 0.2) is 0 Å². The zero-order valence-electron chi connectivity index (χ0n) is 14.4. The third kappa shape index (κ3) is 4.98. The molecule has 0 saturated carbocycles. The van der Waals surface area contributed by atoms with E-state index in [2.05, 4.69) is 12.1 Å². The molecular formula is C23H15ClN2O. The first-order chi connectivity index (χ1) is 13.2. The molecule has 27 heavy (non-hydrogen) atoms. The lowest BCUT2D eigenvalue weighted by Gasteiger charge is -2.07. The molecule has 0 atom stereocenters. The van der Waals surface area contributed by atoms with Gasteiger partial charge >= 0.3 is 0 Å². The van der Waals surface area contributed by atoms with Gasteiger partial charge in [-0.15, -0.1) is 0 Å². The van der Waals surface area contributed by atoms with E-state index < -0.39 is 0 Å². The molecule has 0 N–H and O–H groups in total. The van der Waals surface area contributed by atoms with Gasteiger partial charge in [0.1, 0.15) is 12.4 Å². The van der Waals surface area contributed by atoms with Gasteiger partial charge in [0, 0.05) is 5.02 Å². The molecule has 0 spiro atoms. The fraction of sp³-hybridized carbons (Fsp3) is 0.0435. The van der Waals surface area contributed by atoms with Crippen LogP contribution >= 0.6 is 11.6 Å². The second kappa shape index (κ2) is 8.72. The Morgan fingerprint density at radius 3 is 2.37 bits per heavy atom. The number of nitrogens with zero attached hydrogens (tertiary/aromatic N) is 2. The normalized spacial score (nSPS) is 10.7. The molecule has 3 rings (SSSR count). The van der Waals surface area contributed by atoms with Crippen molar-refractivity contribution in [3.8, 4) is 17.9 Å². The predicted octanol–water partition coefficient (Wildman–Crippen LogP) is 5.85. The van der Waals surface area contributed by atoms with E-state index in [-0.39, 0.29) is 0 Å². The molecule has 3 aromatic rings. The van der Waals surface area contributed by atoms with Crippen LogP contribution in [0.5, 0.6) is 5.75 Å². The number of hydrogen-bond acceptors (Lipinski definition) is 3. The Balaban J connectivity index is 1.77. The highest BCUT2D eigenvalue weighted by atomic mass is 35.5. The summed E-state index contributed by atoms with van der Waals surface area (Å²) in [6.45, 7) is 0.436. The lowest BCUT2D eigenvalue weighted by Crippen LogP contribution is -1.95. The SMILES string of the molecule is N#C/C(=C/c1cccc(OCc2ccc(Cl)cc2)c1)c1ccc(C#N)cc1. The third-order valence-electron chi connectivity index (χ3n) is 3.93. The van der Waals surface area contributed by atoms with Crippen LogP contribution in [0.3, 0.4) is 0 Å². The van der Waals surface area contributed by atoms with E-state index in [0.29, 0.717) is 22.8 Å². The number of rotatable bonds is 5. The monoisotopic (exact) mass is 370 g/mol. The average molecular weight is 371 g/mol. The van der Waals surface area contributed by atoms with E-state index in [4.69, 9.17) is 21.6 Å². The van der Waals surface area contributed by atoms with Crippen LogP contribution in [-0.2, 0) is 6.61 Å². The zero-order chi connectivity index (χ0) is 19.1. The van der Waals surface area contributed by atoms with Gasteiger partial charge in [0.25, 0.3) is 0 Å². The molecule has 130 valence electrons. The van der Waals surface area contributed by atoms with Gasteiger partial charge in [-0.1, -0.05) is 48.0 Å². The minimum atomic E-state index is 0.436. The smallest absolute Gasteiger partial charge is 0.120 e. The molecule has 0 amide bonds. The van der Waals surface area contributed by atoms with E-state index in [9.17, 15) is 5.26 Å². The summed E-state index contributed by atoms with van der Waals surface area (Å²) in [4.78, 5) is 0. The summed E-state index contributed by atoms with van der Waals surface area (Å²) in [5.74, 6) is 0.718. The topological polar surface area (TPSA) is 56.8 Å². The summed E-state index contributed by atoms with van der Waals surface area (Å²) in [5.41, 5.74) is 3.74. The molecule has 0 saturated heterocycles. The third-order valence-corrected chi connectivity index (χ3v) is 4.19. The number of benzene rings is 3. The summed E-state index contributed by atoms with van der Waals surface area (Å²) in [7, 11) is 0. The van der Waals surface area contributed by atoms with Crippen LogP contribution in [0.1, 0.15) is 22.3 Å². The zero-order valence-corrected chi connectivity index (χ0v) is 15.1. The minimum absolute atomic E-state index is 0.436. The highest BCUT2D eigenvalue weighted by Gasteiger charge is 2.03. The summed E-state index contributed by atoms with van der Waals surface area (Å²) in [5, 5.41) is 19.1. The first-order valence-electron chi connectivity index (χ1n) is 8.27. The van der Waals surface area contributed by atoms with Crippen molar-refractivity contribution >= 4 is 23.3 Å². The maximum Gasteiger partial charge on any atom is 0.120 e. The van der Waals surface area contributed by atoms with Crippen LogP contribution in [0.4, 0.5) is 0 Å². The Morgan fingerprint density at radius 1 is 0.963 bits per heavy atom. The lowest BCUT2D eigenvalue weighted by atomic mass is 10.0. The van der Waals surface area contributed by atoms with E-state index in [1.165, 1.54) is 0 Å². The predicted molar refractivity (Wildman–Crippen MR) is 107 cm³/mol. The van der Waals surface area contributed by atoms with Gasteiger partial charge in [0.05, 0.1) is 23.3 Å². The molecule has 3 nitrogen and oxygen atoms in total. The standard InChI is InChI=1S/C23H15ClN2O/c24-22-10-6-18(7-11-22)16-27-23-3-1-2-19(13-23)12-21(15-26)20-8-4-17(14-25)5-9-20/h1-13H,16H2/b21-12-. The van der Waals surface area contributed by atoms with Gasteiger partial charge in [-0.05, 0) is 59.2 Å². The molecule has 0 aromatic heterocycles. The fourth-order valence-electron chi connectivity index (χ4n) is 2.51. The molecule has 0 heterocycles. The van der Waals surface area contributed by atoms with Gasteiger partial charge in [-0.25, -0.2) is 0 Å². The Kier molecular flexibility index (Phi) is 5.90. The number of ether oxygens (including phenoxy) is 1. The van der Waals surface area contributed by atoms with Gasteiger partial charge in [-0.3, -0.25) is 0 Å². The molecule has 0 radical (unpaired) electrons. The van der Waals surface area contributed by atoms with Crippen molar-refractivity contribution in [1.29, 1.82) is 10.5 Å². The van der Waals surface area contributed by atoms with Crippen LogP contribution < -0.4 is 4.74 Å². The van der Waals surface area contributed by atoms with Gasteiger partial charge in [0.2, 0.25) is 0 Å². The molecular weight excluding hydrogens is 356 g/mol. The molecule has 4 heteroatoms. The quantitative estimate of drug-likeness (QED) is 0.417. The molecule has 0 bridgehead atoms. The van der Waals surface area contributed by atoms with Crippen molar-refractivity contribution in [2.24, 2.45) is 0 Å². The molecule has 0 aliphatic rings. The van der Waals surface area contributed by atoms with E-state index >= 15 is 0 Å². The molecule has 0 unspecified atom stereocenters. The number of allylic oxidation sites excluding steroid dienone is 1. The minimum Gasteiger partial charge on any atom is -0.489 e. The van der Waals surface area contributed by atoms with Crippen molar-refractivity contribution in [3.63, 3.8) is 0 Å². The van der Waals surface area contributed by atoms with Crippen molar-refractivity contribution in [1.82, 2.24) is 0 Å². The summed E-state index contributed by atoms with van der Waals surface area (Å²) < 4.78 is 5.83. The number of halogens is 1. The van der Waals surface area contributed by atoms with Crippen LogP contribution in [0, 0.1) is 22.7 Å². The summed E-state index contributed by atoms with van der Waals surface area (Å²) in [6.07, 6.45) is 1.80. The first kappa shape index (κ1) is 18.3. The number of nitriles is 2. The molecule has 0 fully saturated rings. The van der Waals surface area contributed by atoms with Gasteiger partial charge < -0.3 is 4.74 Å². The highest BCUT2D eigenvalue weighted by Crippen LogP contribution is 2.22. The Hall–Kier alpha value is -3.53. The molecule has 3 aromatic carbocycles. The van der Waals surface area contributed by atoms with E-state index in [0.717, 1.165) is 22.4 Å². The van der Waals surface area contributed by atoms with E-state index in [1.54, 1.807) is 30.3 Å². The van der Waals surface area contributed by atoms with Gasteiger partial charge in [-0.2, -0.15) is 10.5 Å². The Morgan fingerprint density at radius 2 is 1.70 bits per heavy atom. The summed E-state index contributed by atoms with van der Waals surface area (Å²) >= 11 is 5.89. The largest absolute Gasteiger partial charge is 0.489 e. The Labute approximate surface area is 163 Å². The average Bonchev–Trinajstić information content (AvgIpc) is 2.72. The van der Waals surface area contributed by atoms with E-state index in [1.807, 2.05) is 48.5 Å².